The summed E-state index contributed by atoms with van der Waals surface area (Å²) in [6.07, 6.45) is 4.84. The number of anilines is 3. The molecule has 3 N–H and O–H groups in total. The summed E-state index contributed by atoms with van der Waals surface area (Å²) in [6, 6.07) is 24.6. The lowest BCUT2D eigenvalue weighted by atomic mass is 10.1. The van der Waals surface area contributed by atoms with Crippen molar-refractivity contribution < 1.29 is 4.74 Å². The second kappa shape index (κ2) is 8.40. The van der Waals surface area contributed by atoms with Crippen molar-refractivity contribution in [3.63, 3.8) is 0 Å². The number of nitrogens with zero attached hydrogens (tertiary/aromatic N) is 1. The van der Waals surface area contributed by atoms with E-state index in [2.05, 4.69) is 69.3 Å². The summed E-state index contributed by atoms with van der Waals surface area (Å²) in [5, 5.41) is 9.37. The fourth-order valence-corrected chi connectivity index (χ4v) is 3.95. The molecule has 31 heavy (non-hydrogen) atoms. The highest BCUT2D eigenvalue weighted by Crippen LogP contribution is 2.31. The van der Waals surface area contributed by atoms with E-state index >= 15 is 0 Å². The number of benzene rings is 3. The van der Waals surface area contributed by atoms with E-state index in [-0.39, 0.29) is 0 Å². The Morgan fingerprint density at radius 3 is 2.65 bits per heavy atom. The molecule has 0 fully saturated rings. The number of aromatic amines is 1. The third-order valence-electron chi connectivity index (χ3n) is 5.51. The molecule has 2 aromatic heterocycles. The van der Waals surface area contributed by atoms with Crippen molar-refractivity contribution >= 4 is 38.9 Å². The first-order valence-electron chi connectivity index (χ1n) is 10.4. The zero-order valence-electron chi connectivity index (χ0n) is 17.4. The molecule has 5 aromatic rings. The molecule has 5 rings (SSSR count). The largest absolute Gasteiger partial charge is 0.495 e. The van der Waals surface area contributed by atoms with Crippen LogP contribution in [0.1, 0.15) is 5.56 Å². The van der Waals surface area contributed by atoms with Crippen LogP contribution in [0.5, 0.6) is 5.75 Å². The standard InChI is InChI=1S/C26H24N4O/c1-31-26-16-19(30-24-13-15-27-23-9-5-3-7-21(23)24)10-11-25(26)28-14-12-18-17-29-22-8-4-2-6-20(18)22/h2-11,13,15-17,28-29H,12,14H2,1H3,(H,27,30). The first-order chi connectivity index (χ1) is 15.3. The van der Waals surface area contributed by atoms with E-state index in [1.165, 1.54) is 16.5 Å². The Hall–Kier alpha value is -3.99. The van der Waals surface area contributed by atoms with E-state index in [0.717, 1.165) is 46.7 Å². The Labute approximate surface area is 181 Å². The summed E-state index contributed by atoms with van der Waals surface area (Å²) in [6.45, 7) is 0.819. The fraction of sp³-hybridized carbons (Fsp3) is 0.115. The van der Waals surface area contributed by atoms with Gasteiger partial charge in [-0.25, -0.2) is 0 Å². The molecule has 0 aliphatic rings. The Morgan fingerprint density at radius 1 is 0.903 bits per heavy atom. The number of fused-ring (bicyclic) bond motifs is 2. The maximum atomic E-state index is 5.65. The van der Waals surface area contributed by atoms with Gasteiger partial charge in [0.2, 0.25) is 0 Å². The minimum atomic E-state index is 0.808. The number of nitrogens with one attached hydrogen (secondary N) is 3. The lowest BCUT2D eigenvalue weighted by Gasteiger charge is -2.14. The van der Waals surface area contributed by atoms with Crippen LogP contribution in [0.25, 0.3) is 21.8 Å². The van der Waals surface area contributed by atoms with Gasteiger partial charge < -0.3 is 20.4 Å². The number of methoxy groups -OCH3 is 1. The molecule has 5 nitrogen and oxygen atoms in total. The van der Waals surface area contributed by atoms with Gasteiger partial charge >= 0.3 is 0 Å². The third-order valence-corrected chi connectivity index (χ3v) is 5.51. The van der Waals surface area contributed by atoms with Crippen molar-refractivity contribution in [2.75, 3.05) is 24.3 Å². The highest BCUT2D eigenvalue weighted by molar-refractivity contribution is 5.93. The highest BCUT2D eigenvalue weighted by Gasteiger charge is 2.08. The second-order valence-electron chi connectivity index (χ2n) is 7.45. The van der Waals surface area contributed by atoms with Crippen LogP contribution < -0.4 is 15.4 Å². The van der Waals surface area contributed by atoms with Crippen molar-refractivity contribution in [1.82, 2.24) is 9.97 Å². The zero-order valence-corrected chi connectivity index (χ0v) is 17.4. The number of para-hydroxylation sites is 2. The lowest BCUT2D eigenvalue weighted by molar-refractivity contribution is 0.416. The topological polar surface area (TPSA) is 62.0 Å². The molecule has 3 aromatic carbocycles. The number of hydrogen-bond donors (Lipinski definition) is 3. The van der Waals surface area contributed by atoms with Gasteiger partial charge in [-0.1, -0.05) is 36.4 Å². The van der Waals surface area contributed by atoms with Crippen LogP contribution in [0.4, 0.5) is 17.1 Å². The molecule has 154 valence electrons. The summed E-state index contributed by atoms with van der Waals surface area (Å²) in [5.41, 5.74) is 6.42. The number of ether oxygens (including phenoxy) is 1. The van der Waals surface area contributed by atoms with Crippen molar-refractivity contribution in [3.8, 4) is 5.75 Å². The third kappa shape index (κ3) is 3.90. The molecular weight excluding hydrogens is 384 g/mol. The average Bonchev–Trinajstić information content (AvgIpc) is 3.23. The maximum Gasteiger partial charge on any atom is 0.144 e. The normalized spacial score (nSPS) is 11.0. The molecule has 2 heterocycles. The van der Waals surface area contributed by atoms with Crippen molar-refractivity contribution in [2.45, 2.75) is 6.42 Å². The molecule has 0 atom stereocenters. The van der Waals surface area contributed by atoms with Crippen molar-refractivity contribution in [1.29, 1.82) is 0 Å². The molecule has 0 saturated carbocycles. The van der Waals surface area contributed by atoms with Gasteiger partial charge in [0.1, 0.15) is 5.75 Å². The Balaban J connectivity index is 1.30. The van der Waals surface area contributed by atoms with Gasteiger partial charge in [0, 0.05) is 52.7 Å². The van der Waals surface area contributed by atoms with Gasteiger partial charge in [0.15, 0.2) is 0 Å². The lowest BCUT2D eigenvalue weighted by Crippen LogP contribution is -2.06. The molecule has 0 amide bonds. The summed E-state index contributed by atoms with van der Waals surface area (Å²) in [5.74, 6) is 0.808. The van der Waals surface area contributed by atoms with Gasteiger partial charge in [-0.05, 0) is 42.3 Å². The van der Waals surface area contributed by atoms with E-state index in [9.17, 15) is 0 Å². The predicted molar refractivity (Wildman–Crippen MR) is 129 cm³/mol. The van der Waals surface area contributed by atoms with E-state index in [4.69, 9.17) is 4.74 Å². The molecule has 0 spiro atoms. The van der Waals surface area contributed by atoms with Crippen molar-refractivity contribution in [2.24, 2.45) is 0 Å². The zero-order chi connectivity index (χ0) is 21.0. The molecule has 0 aliphatic carbocycles. The highest BCUT2D eigenvalue weighted by atomic mass is 16.5. The van der Waals surface area contributed by atoms with Crippen LogP contribution in [0, 0.1) is 0 Å². The number of aromatic nitrogens is 2. The molecule has 0 saturated heterocycles. The Morgan fingerprint density at radius 2 is 1.74 bits per heavy atom. The summed E-state index contributed by atoms with van der Waals surface area (Å²) in [4.78, 5) is 7.77. The van der Waals surface area contributed by atoms with E-state index in [1.54, 1.807) is 7.11 Å². The number of hydrogen-bond acceptors (Lipinski definition) is 4. The van der Waals surface area contributed by atoms with Crippen LogP contribution in [-0.4, -0.2) is 23.6 Å². The van der Waals surface area contributed by atoms with Gasteiger partial charge in [0.05, 0.1) is 18.3 Å². The molecular formula is C26H24N4O. The van der Waals surface area contributed by atoms with Gasteiger partial charge in [-0.2, -0.15) is 0 Å². The summed E-state index contributed by atoms with van der Waals surface area (Å²) < 4.78 is 5.65. The average molecular weight is 409 g/mol. The quantitative estimate of drug-likeness (QED) is 0.303. The van der Waals surface area contributed by atoms with Crippen LogP contribution in [0.3, 0.4) is 0 Å². The van der Waals surface area contributed by atoms with Crippen LogP contribution >= 0.6 is 0 Å². The van der Waals surface area contributed by atoms with Crippen molar-refractivity contribution in [3.05, 3.63) is 90.8 Å². The SMILES string of the molecule is COc1cc(Nc2ccnc3ccccc23)ccc1NCCc1c[nH]c2ccccc12. The van der Waals surface area contributed by atoms with E-state index < -0.39 is 0 Å². The molecule has 0 unspecified atom stereocenters. The van der Waals surface area contributed by atoms with Crippen LogP contribution in [0.2, 0.25) is 0 Å². The molecule has 0 bridgehead atoms. The number of H-pyrrole nitrogens is 1. The monoisotopic (exact) mass is 408 g/mol. The molecule has 0 radical (unpaired) electrons. The van der Waals surface area contributed by atoms with Gasteiger partial charge in [0.25, 0.3) is 0 Å². The smallest absolute Gasteiger partial charge is 0.144 e. The first kappa shape index (κ1) is 19.0. The molecule has 0 aliphatic heterocycles. The maximum absolute atomic E-state index is 5.65. The number of rotatable bonds is 7. The first-order valence-corrected chi connectivity index (χ1v) is 10.4. The minimum absolute atomic E-state index is 0.808. The van der Waals surface area contributed by atoms with Gasteiger partial charge in [-0.3, -0.25) is 4.98 Å². The van der Waals surface area contributed by atoms with Crippen LogP contribution in [-0.2, 0) is 6.42 Å². The summed E-state index contributed by atoms with van der Waals surface area (Å²) >= 11 is 0. The second-order valence-corrected chi connectivity index (χ2v) is 7.45. The van der Waals surface area contributed by atoms with E-state index in [1.807, 2.05) is 36.5 Å². The molecule has 5 heteroatoms. The Kier molecular flexibility index (Phi) is 5.15. The predicted octanol–water partition coefficient (Wildman–Crippen LogP) is 6.12. The minimum Gasteiger partial charge on any atom is -0.495 e. The summed E-state index contributed by atoms with van der Waals surface area (Å²) in [7, 11) is 1.70. The van der Waals surface area contributed by atoms with Crippen LogP contribution in [0.15, 0.2) is 85.2 Å². The number of pyridine rings is 1. The van der Waals surface area contributed by atoms with E-state index in [0.29, 0.717) is 0 Å². The Bertz CT molecular complexity index is 1340. The van der Waals surface area contributed by atoms with Gasteiger partial charge in [-0.15, -0.1) is 0 Å². The fourth-order valence-electron chi connectivity index (χ4n) is 3.95.